The van der Waals surface area contributed by atoms with Crippen LogP contribution < -0.4 is 0 Å². The first kappa shape index (κ1) is 13.8. The van der Waals surface area contributed by atoms with E-state index < -0.39 is 11.9 Å². The van der Waals surface area contributed by atoms with Crippen molar-refractivity contribution >= 4 is 11.9 Å². The molecule has 0 bridgehead atoms. The van der Waals surface area contributed by atoms with E-state index in [-0.39, 0.29) is 12.1 Å². The van der Waals surface area contributed by atoms with Gasteiger partial charge in [0.05, 0.1) is 45.4 Å². The number of carbonyl (C=O) groups is 2. The van der Waals surface area contributed by atoms with E-state index in [1.165, 1.54) is 25.2 Å². The zero-order chi connectivity index (χ0) is 14.5. The lowest BCUT2D eigenvalue weighted by molar-refractivity contribution is -0.139. The van der Waals surface area contributed by atoms with E-state index in [1.807, 2.05) is 0 Å². The van der Waals surface area contributed by atoms with Crippen molar-refractivity contribution < 1.29 is 23.5 Å². The molecule has 0 radical (unpaired) electrons. The maximum atomic E-state index is 11.6. The lowest BCUT2D eigenvalue weighted by Crippen LogP contribution is -2.15. The monoisotopic (exact) mass is 279 g/mol. The third-order valence-corrected chi connectivity index (χ3v) is 2.67. The Labute approximate surface area is 114 Å². The highest BCUT2D eigenvalue weighted by molar-refractivity contribution is 5.89. The minimum atomic E-state index is -0.651. The maximum absolute atomic E-state index is 11.6. The van der Waals surface area contributed by atoms with E-state index in [2.05, 4.69) is 19.8 Å². The molecule has 0 amide bonds. The molecule has 0 N–H and O–H groups in total. The Morgan fingerprint density at radius 2 is 2.15 bits per heavy atom. The fourth-order valence-corrected chi connectivity index (χ4v) is 1.65. The zero-order valence-electron chi connectivity index (χ0n) is 11.0. The Balaban J connectivity index is 2.33. The summed E-state index contributed by atoms with van der Waals surface area (Å²) in [5.74, 6) is -1.15. The summed E-state index contributed by atoms with van der Waals surface area (Å²) in [5, 5.41) is 7.62. The van der Waals surface area contributed by atoms with Gasteiger partial charge in [-0.3, -0.25) is 4.79 Å². The molecule has 0 fully saturated rings. The Bertz CT molecular complexity index is 603. The second-order valence-corrected chi connectivity index (χ2v) is 3.92. The number of furan rings is 1. The summed E-state index contributed by atoms with van der Waals surface area (Å²) in [4.78, 5) is 23.0. The highest BCUT2D eigenvalue weighted by Crippen LogP contribution is 2.12. The van der Waals surface area contributed by atoms with Gasteiger partial charge in [0, 0.05) is 5.56 Å². The molecule has 0 unspecified atom stereocenters. The largest absolute Gasteiger partial charge is 0.472 e. The van der Waals surface area contributed by atoms with Gasteiger partial charge in [0.2, 0.25) is 0 Å². The minimum Gasteiger partial charge on any atom is -0.472 e. The molecule has 0 spiro atoms. The number of rotatable bonds is 5. The summed E-state index contributed by atoms with van der Waals surface area (Å²) in [6.07, 6.45) is 2.95. The van der Waals surface area contributed by atoms with Crippen molar-refractivity contribution in [3.63, 3.8) is 0 Å². The maximum Gasteiger partial charge on any atom is 0.360 e. The molecule has 2 rings (SSSR count). The second-order valence-electron chi connectivity index (χ2n) is 3.92. The molecule has 2 heterocycles. The number of nitrogens with zero attached hydrogens (tertiary/aromatic N) is 3. The summed E-state index contributed by atoms with van der Waals surface area (Å²) in [5.41, 5.74) is 1.17. The SMILES string of the molecule is COC(=O)Cc1c(C(=O)OC)nnn1Cc1ccoc1. The Morgan fingerprint density at radius 1 is 1.35 bits per heavy atom. The van der Waals surface area contributed by atoms with Gasteiger partial charge in [-0.15, -0.1) is 5.10 Å². The van der Waals surface area contributed by atoms with E-state index in [4.69, 9.17) is 4.42 Å². The molecule has 8 nitrogen and oxygen atoms in total. The number of esters is 2. The van der Waals surface area contributed by atoms with E-state index in [0.717, 1.165) is 5.56 Å². The van der Waals surface area contributed by atoms with Crippen LogP contribution in [0.3, 0.4) is 0 Å². The molecule has 0 saturated heterocycles. The number of hydrogen-bond donors (Lipinski definition) is 0. The molecule has 20 heavy (non-hydrogen) atoms. The fourth-order valence-electron chi connectivity index (χ4n) is 1.65. The molecule has 0 aliphatic rings. The van der Waals surface area contributed by atoms with Crippen LogP contribution in [0.2, 0.25) is 0 Å². The molecule has 0 aliphatic carbocycles. The van der Waals surface area contributed by atoms with E-state index in [1.54, 1.807) is 12.3 Å². The lowest BCUT2D eigenvalue weighted by Gasteiger charge is -2.05. The summed E-state index contributed by atoms with van der Waals surface area (Å²) in [6.45, 7) is 0.326. The number of aromatic nitrogens is 3. The Kier molecular flexibility index (Phi) is 4.14. The van der Waals surface area contributed by atoms with Crippen LogP contribution in [0.15, 0.2) is 23.0 Å². The molecule has 2 aromatic heterocycles. The second kappa shape index (κ2) is 6.00. The van der Waals surface area contributed by atoms with Crippen molar-refractivity contribution in [2.45, 2.75) is 13.0 Å². The zero-order valence-corrected chi connectivity index (χ0v) is 11.0. The van der Waals surface area contributed by atoms with Crippen LogP contribution in [-0.4, -0.2) is 41.2 Å². The summed E-state index contributed by atoms with van der Waals surface area (Å²) >= 11 is 0. The van der Waals surface area contributed by atoms with Gasteiger partial charge in [-0.05, 0) is 6.07 Å². The van der Waals surface area contributed by atoms with Crippen molar-refractivity contribution in [3.05, 3.63) is 35.5 Å². The van der Waals surface area contributed by atoms with Gasteiger partial charge in [0.25, 0.3) is 0 Å². The topological polar surface area (TPSA) is 96.5 Å². The molecule has 2 aromatic rings. The van der Waals surface area contributed by atoms with Crippen LogP contribution in [0.4, 0.5) is 0 Å². The van der Waals surface area contributed by atoms with Crippen LogP contribution in [0.1, 0.15) is 21.7 Å². The van der Waals surface area contributed by atoms with Crippen LogP contribution in [0.25, 0.3) is 0 Å². The van der Waals surface area contributed by atoms with Gasteiger partial charge in [0.15, 0.2) is 5.69 Å². The standard InChI is InChI=1S/C12H13N3O5/c1-18-10(16)5-9-11(12(17)19-2)13-14-15(9)6-8-3-4-20-7-8/h3-4,7H,5-6H2,1-2H3. The van der Waals surface area contributed by atoms with Gasteiger partial charge in [0.1, 0.15) is 0 Å². The Morgan fingerprint density at radius 3 is 2.75 bits per heavy atom. The van der Waals surface area contributed by atoms with Crippen LogP contribution in [-0.2, 0) is 27.2 Å². The highest BCUT2D eigenvalue weighted by atomic mass is 16.5. The Hall–Kier alpha value is -2.64. The first-order valence-electron chi connectivity index (χ1n) is 5.74. The highest BCUT2D eigenvalue weighted by Gasteiger charge is 2.23. The van der Waals surface area contributed by atoms with Crippen molar-refractivity contribution in [2.24, 2.45) is 0 Å². The number of ether oxygens (including phenoxy) is 2. The van der Waals surface area contributed by atoms with Crippen molar-refractivity contribution in [2.75, 3.05) is 14.2 Å². The lowest BCUT2D eigenvalue weighted by atomic mass is 10.2. The van der Waals surface area contributed by atoms with Gasteiger partial charge >= 0.3 is 11.9 Å². The third kappa shape index (κ3) is 2.85. The van der Waals surface area contributed by atoms with Crippen molar-refractivity contribution in [1.82, 2.24) is 15.0 Å². The van der Waals surface area contributed by atoms with Gasteiger partial charge in [-0.25, -0.2) is 9.48 Å². The first-order chi connectivity index (χ1) is 9.65. The summed E-state index contributed by atoms with van der Waals surface area (Å²) in [6, 6.07) is 1.75. The fraction of sp³-hybridized carbons (Fsp3) is 0.333. The van der Waals surface area contributed by atoms with Crippen LogP contribution in [0.5, 0.6) is 0 Å². The third-order valence-electron chi connectivity index (χ3n) is 2.67. The molecule has 0 aliphatic heterocycles. The quantitative estimate of drug-likeness (QED) is 0.732. The van der Waals surface area contributed by atoms with Gasteiger partial charge < -0.3 is 13.9 Å². The van der Waals surface area contributed by atoms with Crippen molar-refractivity contribution in [3.8, 4) is 0 Å². The molecule has 106 valence electrons. The summed E-state index contributed by atoms with van der Waals surface area (Å²) in [7, 11) is 2.50. The minimum absolute atomic E-state index is 0.00129. The predicted octanol–water partition coefficient (Wildman–Crippen LogP) is 0.421. The van der Waals surface area contributed by atoms with E-state index in [9.17, 15) is 9.59 Å². The molecule has 0 atom stereocenters. The van der Waals surface area contributed by atoms with Gasteiger partial charge in [-0.1, -0.05) is 5.21 Å². The molecular formula is C12H13N3O5. The molecule has 0 saturated carbocycles. The van der Waals surface area contributed by atoms with E-state index in [0.29, 0.717) is 12.2 Å². The average Bonchev–Trinajstić information content (AvgIpc) is 3.09. The number of hydrogen-bond acceptors (Lipinski definition) is 7. The normalized spacial score (nSPS) is 10.3. The molecule has 0 aromatic carbocycles. The first-order valence-corrected chi connectivity index (χ1v) is 5.74. The van der Waals surface area contributed by atoms with Gasteiger partial charge in [-0.2, -0.15) is 0 Å². The van der Waals surface area contributed by atoms with E-state index >= 15 is 0 Å². The van der Waals surface area contributed by atoms with Crippen LogP contribution >= 0.6 is 0 Å². The number of methoxy groups -OCH3 is 2. The predicted molar refractivity (Wildman–Crippen MR) is 64.9 cm³/mol. The smallest absolute Gasteiger partial charge is 0.360 e. The number of carbonyl (C=O) groups excluding carboxylic acids is 2. The summed E-state index contributed by atoms with van der Waals surface area (Å²) < 4.78 is 15.6. The average molecular weight is 279 g/mol. The van der Waals surface area contributed by atoms with Crippen LogP contribution in [0, 0.1) is 0 Å². The molecular weight excluding hydrogens is 266 g/mol. The van der Waals surface area contributed by atoms with Crippen molar-refractivity contribution in [1.29, 1.82) is 0 Å². The molecule has 8 heteroatoms.